The maximum atomic E-state index is 13.9. The van der Waals surface area contributed by atoms with Crippen LogP contribution in [0.25, 0.3) is 0 Å². The number of aromatic nitrogens is 2. The predicted molar refractivity (Wildman–Crippen MR) is 62.2 cm³/mol. The Balaban J connectivity index is 2.25. The zero-order chi connectivity index (χ0) is 15.7. The number of hydrogen-bond donors (Lipinski definition) is 2. The molecule has 2 N–H and O–H groups in total. The summed E-state index contributed by atoms with van der Waals surface area (Å²) >= 11 is 0. The Bertz CT molecular complexity index is 657. The lowest BCUT2D eigenvalue weighted by Crippen LogP contribution is -2.37. The first-order chi connectivity index (χ1) is 9.81. The van der Waals surface area contributed by atoms with Crippen molar-refractivity contribution in [1.82, 2.24) is 9.55 Å². The summed E-state index contributed by atoms with van der Waals surface area (Å²) in [5.41, 5.74) is -2.36. The van der Waals surface area contributed by atoms with E-state index < -0.39 is 48.1 Å². The summed E-state index contributed by atoms with van der Waals surface area (Å²) in [4.78, 5) is 34.7. The van der Waals surface area contributed by atoms with E-state index in [0.717, 1.165) is 6.92 Å². The summed E-state index contributed by atoms with van der Waals surface area (Å²) in [6.45, 7) is 0.599. The van der Waals surface area contributed by atoms with E-state index in [1.165, 1.54) is 0 Å². The van der Waals surface area contributed by atoms with E-state index in [1.807, 2.05) is 0 Å². The molecule has 1 radical (unpaired) electrons. The molecule has 3 atom stereocenters. The molecule has 1 fully saturated rings. The largest absolute Gasteiger partial charge is 0.463 e. The standard InChI is InChI=1S/C11H11F2N2O6/c1-4(16)20-3-6-8(17)7(13)10(21-6)15-2-5(12)9(18)14-11(15)19/h2,7-8,10,17H,3H2,1H3,(H,14,18,19)/t7-,8+,10+/m0/s1. The highest BCUT2D eigenvalue weighted by Crippen LogP contribution is 2.35. The SMILES string of the molecule is CC(=O)OC[C]1O[C@@H](n2cc(F)c(=O)[nH]c2=O)[C@@H](F)[C@@H]1O. The molecule has 10 heteroatoms. The highest BCUT2D eigenvalue weighted by molar-refractivity contribution is 5.66. The zero-order valence-electron chi connectivity index (χ0n) is 10.7. The summed E-state index contributed by atoms with van der Waals surface area (Å²) in [6.07, 6.45) is -5.37. The number of nitrogens with one attached hydrogen (secondary N) is 1. The van der Waals surface area contributed by atoms with E-state index in [4.69, 9.17) is 4.74 Å². The maximum Gasteiger partial charge on any atom is 0.330 e. The molecule has 0 aliphatic carbocycles. The van der Waals surface area contributed by atoms with Crippen molar-refractivity contribution in [3.05, 3.63) is 39.0 Å². The molecule has 2 rings (SSSR count). The second-order valence-corrected chi connectivity index (χ2v) is 4.29. The van der Waals surface area contributed by atoms with Crippen LogP contribution in [0.3, 0.4) is 0 Å². The minimum absolute atomic E-state index is 0.318. The monoisotopic (exact) mass is 305 g/mol. The van der Waals surface area contributed by atoms with E-state index in [2.05, 4.69) is 4.74 Å². The molecule has 1 aromatic heterocycles. The van der Waals surface area contributed by atoms with Crippen molar-refractivity contribution in [2.75, 3.05) is 6.61 Å². The average molecular weight is 305 g/mol. The van der Waals surface area contributed by atoms with Crippen molar-refractivity contribution in [3.63, 3.8) is 0 Å². The van der Waals surface area contributed by atoms with E-state index in [0.29, 0.717) is 10.8 Å². The number of aromatic amines is 1. The number of carbonyl (C=O) groups is 1. The molecule has 115 valence electrons. The Kier molecular flexibility index (Phi) is 4.19. The van der Waals surface area contributed by atoms with Crippen LogP contribution in [-0.2, 0) is 14.3 Å². The Hall–Kier alpha value is -2.07. The van der Waals surface area contributed by atoms with Gasteiger partial charge in [-0.3, -0.25) is 19.1 Å². The Labute approximate surface area is 115 Å². The van der Waals surface area contributed by atoms with Gasteiger partial charge in [-0.25, -0.2) is 9.18 Å². The highest BCUT2D eigenvalue weighted by atomic mass is 19.1. The first-order valence-electron chi connectivity index (χ1n) is 5.80. The molecule has 0 spiro atoms. The van der Waals surface area contributed by atoms with E-state index in [-0.39, 0.29) is 6.10 Å². The summed E-state index contributed by atoms with van der Waals surface area (Å²) in [5, 5.41) is 9.61. The molecule has 2 heterocycles. The van der Waals surface area contributed by atoms with Crippen LogP contribution in [0.2, 0.25) is 0 Å². The number of ether oxygens (including phenoxy) is 2. The van der Waals surface area contributed by atoms with Crippen LogP contribution in [0.5, 0.6) is 0 Å². The lowest BCUT2D eigenvalue weighted by molar-refractivity contribution is -0.143. The lowest BCUT2D eigenvalue weighted by Gasteiger charge is -2.15. The van der Waals surface area contributed by atoms with Crippen molar-refractivity contribution < 1.29 is 28.2 Å². The van der Waals surface area contributed by atoms with Crippen molar-refractivity contribution >= 4 is 5.97 Å². The van der Waals surface area contributed by atoms with E-state index >= 15 is 0 Å². The molecule has 1 saturated heterocycles. The quantitative estimate of drug-likeness (QED) is 0.693. The second kappa shape index (κ2) is 5.74. The molecule has 1 aromatic rings. The second-order valence-electron chi connectivity index (χ2n) is 4.29. The van der Waals surface area contributed by atoms with E-state index in [9.17, 15) is 28.3 Å². The molecular weight excluding hydrogens is 294 g/mol. The van der Waals surface area contributed by atoms with Crippen molar-refractivity contribution in [1.29, 1.82) is 0 Å². The van der Waals surface area contributed by atoms with Crippen LogP contribution in [0.15, 0.2) is 15.8 Å². The number of hydrogen-bond acceptors (Lipinski definition) is 6. The van der Waals surface area contributed by atoms with Crippen molar-refractivity contribution in [2.45, 2.75) is 25.4 Å². The van der Waals surface area contributed by atoms with Gasteiger partial charge in [0.05, 0.1) is 6.20 Å². The van der Waals surface area contributed by atoms with Gasteiger partial charge in [-0.15, -0.1) is 0 Å². The van der Waals surface area contributed by atoms with Gasteiger partial charge in [0.2, 0.25) is 5.82 Å². The first kappa shape index (κ1) is 15.3. The van der Waals surface area contributed by atoms with Gasteiger partial charge in [0.15, 0.2) is 18.5 Å². The number of rotatable bonds is 3. The fourth-order valence-electron chi connectivity index (χ4n) is 1.78. The Morgan fingerprint density at radius 2 is 2.24 bits per heavy atom. The van der Waals surface area contributed by atoms with E-state index in [1.54, 1.807) is 4.98 Å². The Morgan fingerprint density at radius 3 is 2.86 bits per heavy atom. The van der Waals surface area contributed by atoms with Crippen LogP contribution < -0.4 is 11.2 Å². The van der Waals surface area contributed by atoms with Gasteiger partial charge < -0.3 is 14.6 Å². The van der Waals surface area contributed by atoms with Gasteiger partial charge >= 0.3 is 11.7 Å². The van der Waals surface area contributed by atoms with Gasteiger partial charge in [-0.1, -0.05) is 0 Å². The lowest BCUT2D eigenvalue weighted by atomic mass is 10.1. The average Bonchev–Trinajstić information content (AvgIpc) is 2.68. The number of nitrogens with zero attached hydrogens (tertiary/aromatic N) is 1. The van der Waals surface area contributed by atoms with Crippen LogP contribution in [0.1, 0.15) is 13.2 Å². The third kappa shape index (κ3) is 3.00. The van der Waals surface area contributed by atoms with Gasteiger partial charge in [0.25, 0.3) is 5.56 Å². The topological polar surface area (TPSA) is 111 Å². The van der Waals surface area contributed by atoms with Gasteiger partial charge in [0.1, 0.15) is 12.7 Å². The molecule has 8 nitrogen and oxygen atoms in total. The molecule has 0 bridgehead atoms. The minimum Gasteiger partial charge on any atom is -0.463 e. The minimum atomic E-state index is -2.10. The molecule has 21 heavy (non-hydrogen) atoms. The van der Waals surface area contributed by atoms with Crippen LogP contribution >= 0.6 is 0 Å². The predicted octanol–water partition coefficient (Wildman–Crippen LogP) is -1.00. The number of carbonyl (C=O) groups excluding carboxylic acids is 1. The normalized spacial score (nSPS) is 26.0. The zero-order valence-corrected chi connectivity index (χ0v) is 10.7. The Morgan fingerprint density at radius 1 is 1.57 bits per heavy atom. The maximum absolute atomic E-state index is 13.9. The molecule has 1 aliphatic rings. The van der Waals surface area contributed by atoms with Crippen molar-refractivity contribution in [2.24, 2.45) is 0 Å². The molecule has 0 unspecified atom stereocenters. The summed E-state index contributed by atoms with van der Waals surface area (Å²) in [5.74, 6) is -1.99. The fraction of sp³-hybridized carbons (Fsp3) is 0.455. The number of halogens is 2. The summed E-state index contributed by atoms with van der Waals surface area (Å²) in [7, 11) is 0. The smallest absolute Gasteiger partial charge is 0.330 e. The van der Waals surface area contributed by atoms with Gasteiger partial charge in [0, 0.05) is 6.92 Å². The third-order valence-electron chi connectivity index (χ3n) is 2.79. The van der Waals surface area contributed by atoms with Crippen LogP contribution in [0, 0.1) is 11.9 Å². The third-order valence-corrected chi connectivity index (χ3v) is 2.79. The summed E-state index contributed by atoms with van der Waals surface area (Å²) in [6, 6.07) is 0. The number of aliphatic hydroxyl groups is 1. The number of alkyl halides is 1. The van der Waals surface area contributed by atoms with Gasteiger partial charge in [-0.2, -0.15) is 4.39 Å². The number of esters is 1. The van der Waals surface area contributed by atoms with Crippen molar-refractivity contribution in [3.8, 4) is 0 Å². The number of aliphatic hydroxyl groups excluding tert-OH is 1. The molecular formula is C11H11F2N2O6. The molecule has 1 aliphatic heterocycles. The number of H-pyrrole nitrogens is 1. The first-order valence-corrected chi connectivity index (χ1v) is 5.80. The van der Waals surface area contributed by atoms with Crippen LogP contribution in [0.4, 0.5) is 8.78 Å². The van der Waals surface area contributed by atoms with Gasteiger partial charge in [-0.05, 0) is 0 Å². The highest BCUT2D eigenvalue weighted by Gasteiger charge is 2.47. The summed E-state index contributed by atoms with van der Waals surface area (Å²) < 4.78 is 37.1. The molecule has 0 aromatic carbocycles. The molecule has 0 saturated carbocycles. The van der Waals surface area contributed by atoms with Crippen LogP contribution in [-0.4, -0.2) is 39.5 Å². The fourth-order valence-corrected chi connectivity index (χ4v) is 1.78. The molecule has 0 amide bonds.